The summed E-state index contributed by atoms with van der Waals surface area (Å²) in [4.78, 5) is 8.56. The molecule has 44 valence electrons. The average molecular weight is 221 g/mol. The van der Waals surface area contributed by atoms with Crippen LogP contribution < -0.4 is 0 Å². The molecule has 0 rings (SSSR count). The second-order valence-corrected chi connectivity index (χ2v) is 4.03. The van der Waals surface area contributed by atoms with E-state index in [1.54, 1.807) is 0 Å². The van der Waals surface area contributed by atoms with Crippen molar-refractivity contribution in [1.29, 1.82) is 0 Å². The Kier molecular flexibility index (Phi) is 56.7. The maximum absolute atomic E-state index is 8.56. The van der Waals surface area contributed by atoms with E-state index in [1.165, 1.54) is 0 Å². The molecule has 0 bridgehead atoms. The molecule has 0 unspecified atom stereocenters. The average Bonchev–Trinajstić information content (AvgIpc) is 1.33. The minimum absolute atomic E-state index is 0. The Morgan fingerprint density at radius 3 is 1.22 bits per heavy atom. The Labute approximate surface area is 121 Å². The Hall–Kier alpha value is 3.11. The molecule has 2 N–H and O–H groups in total. The fourth-order valence-electron chi connectivity index (χ4n) is 0. The molecular weight excluding hydrogens is 217 g/mol. The SMILES string of the molecule is O=C(O)O.[Cl][Ca][Cl].[NaH].[NaH]. The zero-order valence-corrected chi connectivity index (χ0v) is 6.99. The zero-order valence-electron chi connectivity index (χ0n) is 3.27. The summed E-state index contributed by atoms with van der Waals surface area (Å²) >= 11 is -0.931. The van der Waals surface area contributed by atoms with E-state index in [9.17, 15) is 0 Å². The third kappa shape index (κ3) is 95.3. The quantitative estimate of drug-likeness (QED) is 0.562. The van der Waals surface area contributed by atoms with Crippen LogP contribution in [0.15, 0.2) is 0 Å². The molecule has 0 atom stereocenters. The van der Waals surface area contributed by atoms with E-state index in [0.717, 1.165) is 0 Å². The van der Waals surface area contributed by atoms with Crippen LogP contribution >= 0.6 is 12.8 Å². The van der Waals surface area contributed by atoms with Gasteiger partial charge in [-0.3, -0.25) is 0 Å². The minimum atomic E-state index is -1.83. The molecule has 3 nitrogen and oxygen atoms in total. The fourth-order valence-corrected chi connectivity index (χ4v) is 0. The van der Waals surface area contributed by atoms with Crippen molar-refractivity contribution >= 4 is 109 Å². The first kappa shape index (κ1) is 22.7. The van der Waals surface area contributed by atoms with Crippen LogP contribution in [-0.4, -0.2) is 106 Å². The molecule has 9 heavy (non-hydrogen) atoms. The van der Waals surface area contributed by atoms with E-state index in [2.05, 4.69) is 0 Å². The molecular formula is CH4CaCl2Na2O3. The van der Waals surface area contributed by atoms with Gasteiger partial charge in [-0.25, -0.2) is 4.79 Å². The first-order chi connectivity index (χ1) is 3.15. The second-order valence-electron chi connectivity index (χ2n) is 0.384. The van der Waals surface area contributed by atoms with Crippen molar-refractivity contribution in [2.24, 2.45) is 0 Å². The van der Waals surface area contributed by atoms with Gasteiger partial charge in [0.05, 0.1) is 0 Å². The predicted octanol–water partition coefficient (Wildman–Crippen LogP) is -0.0764. The van der Waals surface area contributed by atoms with E-state index >= 15 is 0 Å². The van der Waals surface area contributed by atoms with Crippen molar-refractivity contribution in [3.63, 3.8) is 0 Å². The maximum atomic E-state index is 8.56. The second kappa shape index (κ2) is 22.5. The van der Waals surface area contributed by atoms with Crippen molar-refractivity contribution in [3.8, 4) is 0 Å². The summed E-state index contributed by atoms with van der Waals surface area (Å²) in [5.74, 6) is 0. The normalized spacial score (nSPS) is 3.78. The van der Waals surface area contributed by atoms with Crippen molar-refractivity contribution < 1.29 is 15.0 Å². The fraction of sp³-hybridized carbons (Fsp3) is 0. The standard InChI is InChI=1S/CH2O3.Ca.2ClH.2Na.2H/c2-1(3)4;;;;;;;/h(H2,2,3,4);;2*1H;;;;/q;+2;;;;;;/p-2. The van der Waals surface area contributed by atoms with Crippen LogP contribution in [0.2, 0.25) is 0 Å². The summed E-state index contributed by atoms with van der Waals surface area (Å²) in [5, 5.41) is 13.9. The van der Waals surface area contributed by atoms with Gasteiger partial charge in [0.15, 0.2) is 0 Å². The summed E-state index contributed by atoms with van der Waals surface area (Å²) in [6.45, 7) is 0. The van der Waals surface area contributed by atoms with E-state index in [1.807, 2.05) is 0 Å². The first-order valence-corrected chi connectivity index (χ1v) is 7.26. The van der Waals surface area contributed by atoms with Crippen LogP contribution in [-0.2, 0) is 0 Å². The van der Waals surface area contributed by atoms with Crippen molar-refractivity contribution in [2.75, 3.05) is 0 Å². The van der Waals surface area contributed by atoms with Crippen LogP contribution in [0.25, 0.3) is 0 Å². The van der Waals surface area contributed by atoms with Crippen LogP contribution in [0.1, 0.15) is 0 Å². The number of rotatable bonds is 0. The summed E-state index contributed by atoms with van der Waals surface area (Å²) in [5.41, 5.74) is 0. The molecule has 0 aromatic carbocycles. The molecule has 0 aliphatic carbocycles. The molecule has 0 fully saturated rings. The summed E-state index contributed by atoms with van der Waals surface area (Å²) in [6, 6.07) is 0. The first-order valence-electron chi connectivity index (χ1n) is 1.19. The van der Waals surface area contributed by atoms with Gasteiger partial charge >= 0.3 is 109 Å². The van der Waals surface area contributed by atoms with Crippen LogP contribution in [0, 0.1) is 0 Å². The molecule has 8 heteroatoms. The van der Waals surface area contributed by atoms with Gasteiger partial charge in [-0.15, -0.1) is 0 Å². The van der Waals surface area contributed by atoms with Gasteiger partial charge < -0.3 is 10.2 Å². The zero-order chi connectivity index (χ0) is 6.28. The number of hydrogen-bond acceptors (Lipinski definition) is 1. The summed E-state index contributed by atoms with van der Waals surface area (Å²) < 4.78 is 0. The van der Waals surface area contributed by atoms with E-state index in [0.29, 0.717) is 0 Å². The topological polar surface area (TPSA) is 57.5 Å². The van der Waals surface area contributed by atoms with Crippen LogP contribution in [0.3, 0.4) is 0 Å². The van der Waals surface area contributed by atoms with Gasteiger partial charge in [-0.2, -0.15) is 0 Å². The van der Waals surface area contributed by atoms with Crippen molar-refractivity contribution in [2.45, 2.75) is 0 Å². The molecule has 0 saturated heterocycles. The van der Waals surface area contributed by atoms with E-state index in [4.69, 9.17) is 27.8 Å². The molecule has 0 aliphatic rings. The van der Waals surface area contributed by atoms with Gasteiger partial charge in [0.1, 0.15) is 0 Å². The van der Waals surface area contributed by atoms with Gasteiger partial charge in [0, 0.05) is 0 Å². The van der Waals surface area contributed by atoms with Gasteiger partial charge in [0.2, 0.25) is 0 Å². The third-order valence-electron chi connectivity index (χ3n) is 0. The molecule has 0 aromatic rings. The van der Waals surface area contributed by atoms with Gasteiger partial charge in [0.25, 0.3) is 0 Å². The Morgan fingerprint density at radius 1 is 1.22 bits per heavy atom. The summed E-state index contributed by atoms with van der Waals surface area (Å²) in [7, 11) is 0. The molecule has 0 heterocycles. The number of carboxylic acid groups (broad SMARTS) is 2. The molecule has 0 radical (unpaired) electrons. The summed E-state index contributed by atoms with van der Waals surface area (Å²) in [6.07, 6.45) is 8.07. The predicted molar refractivity (Wildman–Crippen MR) is 42.4 cm³/mol. The van der Waals surface area contributed by atoms with Gasteiger partial charge in [-0.05, 0) is 0 Å². The molecule has 0 amide bonds. The Morgan fingerprint density at radius 2 is 1.22 bits per heavy atom. The Bertz CT molecular complexity index is 51.1. The van der Waals surface area contributed by atoms with Crippen molar-refractivity contribution in [1.82, 2.24) is 0 Å². The monoisotopic (exact) mass is 220 g/mol. The molecule has 0 saturated carbocycles. The van der Waals surface area contributed by atoms with Crippen LogP contribution in [0.5, 0.6) is 0 Å². The third-order valence-corrected chi connectivity index (χ3v) is 0. The number of halogens is 2. The number of carbonyl (C=O) groups is 1. The Balaban J connectivity index is -0.0000000233. The molecule has 0 spiro atoms. The van der Waals surface area contributed by atoms with Crippen molar-refractivity contribution in [3.05, 3.63) is 0 Å². The molecule has 0 aromatic heterocycles. The van der Waals surface area contributed by atoms with Crippen LogP contribution in [0.4, 0.5) is 4.79 Å². The molecule has 0 aliphatic heterocycles. The number of hydrogen-bond donors (Lipinski definition) is 2. The van der Waals surface area contributed by atoms with E-state index in [-0.39, 0.29) is 59.1 Å². The van der Waals surface area contributed by atoms with E-state index < -0.39 is 37.0 Å². The van der Waals surface area contributed by atoms with Gasteiger partial charge in [-0.1, -0.05) is 0 Å².